The molecular formula is C10H4ClF3N2O. The molecule has 0 amide bonds. The van der Waals surface area contributed by atoms with Crippen LogP contribution in [0.2, 0.25) is 5.15 Å². The lowest BCUT2D eigenvalue weighted by Gasteiger charge is -2.03. The van der Waals surface area contributed by atoms with Gasteiger partial charge in [-0.1, -0.05) is 11.6 Å². The molecular weight excluding hydrogens is 257 g/mol. The van der Waals surface area contributed by atoms with E-state index in [4.69, 9.17) is 11.6 Å². The minimum atomic E-state index is -1.64. The average molecular weight is 261 g/mol. The summed E-state index contributed by atoms with van der Waals surface area (Å²) in [7, 11) is 0. The van der Waals surface area contributed by atoms with Crippen LogP contribution < -0.4 is 5.56 Å². The maximum Gasteiger partial charge on any atom is 0.272 e. The molecule has 1 aromatic heterocycles. The zero-order valence-electron chi connectivity index (χ0n) is 8.10. The number of aromatic nitrogens is 2. The fraction of sp³-hybridized carbons (Fsp3) is 0. The van der Waals surface area contributed by atoms with E-state index in [0.717, 1.165) is 18.2 Å². The van der Waals surface area contributed by atoms with Crippen LogP contribution in [0.5, 0.6) is 0 Å². The molecule has 1 N–H and O–H groups in total. The summed E-state index contributed by atoms with van der Waals surface area (Å²) in [6.45, 7) is 0. The van der Waals surface area contributed by atoms with Crippen LogP contribution in [0.1, 0.15) is 0 Å². The molecule has 2 rings (SSSR count). The van der Waals surface area contributed by atoms with E-state index in [1.165, 1.54) is 0 Å². The molecule has 88 valence electrons. The Morgan fingerprint density at radius 3 is 2.53 bits per heavy atom. The highest BCUT2D eigenvalue weighted by atomic mass is 35.5. The molecule has 0 saturated heterocycles. The molecule has 0 fully saturated rings. The van der Waals surface area contributed by atoms with Crippen molar-refractivity contribution in [2.24, 2.45) is 0 Å². The smallest absolute Gasteiger partial charge is 0.267 e. The molecule has 0 radical (unpaired) electrons. The van der Waals surface area contributed by atoms with E-state index in [0.29, 0.717) is 0 Å². The van der Waals surface area contributed by atoms with Gasteiger partial charge in [0, 0.05) is 5.56 Å². The second-order valence-electron chi connectivity index (χ2n) is 3.16. The number of hydrogen-bond donors (Lipinski definition) is 1. The van der Waals surface area contributed by atoms with Gasteiger partial charge in [-0.05, 0) is 18.2 Å². The number of benzene rings is 1. The minimum Gasteiger partial charge on any atom is -0.267 e. The molecule has 0 unspecified atom stereocenters. The number of halogens is 4. The minimum absolute atomic E-state index is 0.0938. The topological polar surface area (TPSA) is 45.8 Å². The molecule has 2 aromatic rings. The van der Waals surface area contributed by atoms with E-state index in [-0.39, 0.29) is 16.3 Å². The Labute approximate surface area is 97.9 Å². The van der Waals surface area contributed by atoms with Gasteiger partial charge in [-0.3, -0.25) is 4.79 Å². The van der Waals surface area contributed by atoms with E-state index >= 15 is 0 Å². The van der Waals surface area contributed by atoms with Crippen LogP contribution in [0.25, 0.3) is 11.1 Å². The van der Waals surface area contributed by atoms with E-state index in [2.05, 4.69) is 5.10 Å². The predicted octanol–water partition coefficient (Wildman–Crippen LogP) is 2.51. The van der Waals surface area contributed by atoms with Gasteiger partial charge in [0.1, 0.15) is 5.15 Å². The molecule has 0 atom stereocenters. The van der Waals surface area contributed by atoms with Gasteiger partial charge in [-0.15, -0.1) is 0 Å². The van der Waals surface area contributed by atoms with Crippen LogP contribution in [-0.2, 0) is 0 Å². The standard InChI is InChI=1S/C10H4ClF3N2O/c11-7-3-5(10(17)16-15-7)4-1-2-6(12)9(14)8(4)13/h1-3H,(H,16,17). The highest BCUT2D eigenvalue weighted by Gasteiger charge is 2.17. The number of H-pyrrole nitrogens is 1. The molecule has 0 aliphatic rings. The van der Waals surface area contributed by atoms with Crippen LogP contribution in [0, 0.1) is 17.5 Å². The Balaban J connectivity index is 2.73. The molecule has 0 spiro atoms. The Kier molecular flexibility index (Phi) is 2.89. The molecule has 0 aliphatic heterocycles. The van der Waals surface area contributed by atoms with Gasteiger partial charge in [0.15, 0.2) is 17.5 Å². The maximum absolute atomic E-state index is 13.4. The van der Waals surface area contributed by atoms with Crippen molar-refractivity contribution in [1.29, 1.82) is 0 Å². The van der Waals surface area contributed by atoms with Gasteiger partial charge in [0.25, 0.3) is 5.56 Å². The van der Waals surface area contributed by atoms with Gasteiger partial charge in [-0.2, -0.15) is 5.10 Å². The molecule has 0 saturated carbocycles. The number of hydrogen-bond acceptors (Lipinski definition) is 2. The number of aromatic amines is 1. The summed E-state index contributed by atoms with van der Waals surface area (Å²) in [5.41, 5.74) is -1.35. The highest BCUT2D eigenvalue weighted by molar-refractivity contribution is 6.29. The second-order valence-corrected chi connectivity index (χ2v) is 3.54. The normalized spacial score (nSPS) is 10.6. The van der Waals surface area contributed by atoms with Gasteiger partial charge in [0.05, 0.1) is 5.56 Å². The van der Waals surface area contributed by atoms with Crippen molar-refractivity contribution in [2.75, 3.05) is 0 Å². The van der Waals surface area contributed by atoms with Crippen molar-refractivity contribution < 1.29 is 13.2 Å². The third kappa shape index (κ3) is 2.03. The molecule has 0 bridgehead atoms. The molecule has 1 aromatic carbocycles. The van der Waals surface area contributed by atoms with E-state index in [1.54, 1.807) is 0 Å². The lowest BCUT2D eigenvalue weighted by Crippen LogP contribution is -2.11. The first-order chi connectivity index (χ1) is 8.00. The molecule has 7 heteroatoms. The molecule has 17 heavy (non-hydrogen) atoms. The summed E-state index contributed by atoms with van der Waals surface area (Å²) in [5, 5.41) is 5.29. The Morgan fingerprint density at radius 1 is 1.12 bits per heavy atom. The largest absolute Gasteiger partial charge is 0.272 e. The van der Waals surface area contributed by atoms with Crippen molar-refractivity contribution in [1.82, 2.24) is 10.2 Å². The Morgan fingerprint density at radius 2 is 1.82 bits per heavy atom. The highest BCUT2D eigenvalue weighted by Crippen LogP contribution is 2.24. The first kappa shape index (κ1) is 11.7. The monoisotopic (exact) mass is 260 g/mol. The number of nitrogens with zero attached hydrogens (tertiary/aromatic N) is 1. The molecule has 1 heterocycles. The van der Waals surface area contributed by atoms with Crippen molar-refractivity contribution in [2.45, 2.75) is 0 Å². The molecule has 3 nitrogen and oxygen atoms in total. The van der Waals surface area contributed by atoms with Gasteiger partial charge < -0.3 is 0 Å². The number of nitrogens with one attached hydrogen (secondary N) is 1. The van der Waals surface area contributed by atoms with Gasteiger partial charge in [-0.25, -0.2) is 18.3 Å². The Hall–Kier alpha value is -1.82. The fourth-order valence-electron chi connectivity index (χ4n) is 1.32. The Bertz CT molecular complexity index is 642. The zero-order valence-corrected chi connectivity index (χ0v) is 8.86. The van der Waals surface area contributed by atoms with Crippen LogP contribution in [0.3, 0.4) is 0 Å². The summed E-state index contributed by atoms with van der Waals surface area (Å²) in [4.78, 5) is 11.4. The first-order valence-corrected chi connectivity index (χ1v) is 4.77. The zero-order chi connectivity index (χ0) is 12.6. The quantitative estimate of drug-likeness (QED) is 0.801. The van der Waals surface area contributed by atoms with Crippen molar-refractivity contribution >= 4 is 11.6 Å². The average Bonchev–Trinajstić information content (AvgIpc) is 2.30. The third-order valence-electron chi connectivity index (χ3n) is 2.10. The summed E-state index contributed by atoms with van der Waals surface area (Å²) in [6.07, 6.45) is 0. The van der Waals surface area contributed by atoms with Crippen LogP contribution in [0.15, 0.2) is 23.0 Å². The summed E-state index contributed by atoms with van der Waals surface area (Å²) in [5.74, 6) is -4.42. The van der Waals surface area contributed by atoms with Crippen LogP contribution in [0.4, 0.5) is 13.2 Å². The second kappa shape index (κ2) is 4.21. The van der Waals surface area contributed by atoms with Gasteiger partial charge in [0.2, 0.25) is 0 Å². The first-order valence-electron chi connectivity index (χ1n) is 4.40. The molecule has 0 aliphatic carbocycles. The van der Waals surface area contributed by atoms with E-state index in [9.17, 15) is 18.0 Å². The summed E-state index contributed by atoms with van der Waals surface area (Å²) >= 11 is 5.52. The van der Waals surface area contributed by atoms with Crippen molar-refractivity contribution in [3.05, 3.63) is 51.2 Å². The van der Waals surface area contributed by atoms with E-state index < -0.39 is 23.0 Å². The summed E-state index contributed by atoms with van der Waals surface area (Å²) in [6, 6.07) is 2.74. The maximum atomic E-state index is 13.4. The lowest BCUT2D eigenvalue weighted by molar-refractivity contribution is 0.449. The summed E-state index contributed by atoms with van der Waals surface area (Å²) < 4.78 is 39.1. The van der Waals surface area contributed by atoms with Crippen LogP contribution >= 0.6 is 11.6 Å². The van der Waals surface area contributed by atoms with Gasteiger partial charge >= 0.3 is 0 Å². The predicted molar refractivity (Wildman–Crippen MR) is 55.2 cm³/mol. The van der Waals surface area contributed by atoms with Crippen molar-refractivity contribution in [3.8, 4) is 11.1 Å². The van der Waals surface area contributed by atoms with Crippen LogP contribution in [-0.4, -0.2) is 10.2 Å². The SMILES string of the molecule is O=c1[nH]nc(Cl)cc1-c1ccc(F)c(F)c1F. The number of rotatable bonds is 1. The third-order valence-corrected chi connectivity index (χ3v) is 2.29. The van der Waals surface area contributed by atoms with E-state index in [1.807, 2.05) is 5.10 Å². The van der Waals surface area contributed by atoms with Crippen molar-refractivity contribution in [3.63, 3.8) is 0 Å². The lowest BCUT2D eigenvalue weighted by atomic mass is 10.1. The fourth-order valence-corrected chi connectivity index (χ4v) is 1.47.